The van der Waals surface area contributed by atoms with E-state index >= 15 is 0 Å². The first-order valence-electron chi connectivity index (χ1n) is 6.01. The molecule has 0 spiro atoms. The molecule has 0 saturated carbocycles. The maximum Gasteiger partial charge on any atom is 0.410 e. The lowest BCUT2D eigenvalue weighted by molar-refractivity contribution is -0.385. The third-order valence-electron chi connectivity index (χ3n) is 2.81. The number of hydrogen-bond acceptors (Lipinski definition) is 4. The number of nitro groups is 1. The SMILES string of the molecule is CC(C)(C)OC(=O)N1Cc2cccc([N+](=O)[O-])c2C1. The van der Waals surface area contributed by atoms with Gasteiger partial charge in [0.15, 0.2) is 0 Å². The van der Waals surface area contributed by atoms with Crippen LogP contribution in [0.4, 0.5) is 10.5 Å². The predicted octanol–water partition coefficient (Wildman–Crippen LogP) is 2.85. The molecule has 1 heterocycles. The van der Waals surface area contributed by atoms with Crippen LogP contribution in [0.1, 0.15) is 31.9 Å². The molecule has 102 valence electrons. The molecule has 0 atom stereocenters. The van der Waals surface area contributed by atoms with Crippen LogP contribution in [0.15, 0.2) is 18.2 Å². The van der Waals surface area contributed by atoms with Crippen LogP contribution in [0.25, 0.3) is 0 Å². The first-order valence-corrected chi connectivity index (χ1v) is 6.01. The van der Waals surface area contributed by atoms with Crippen molar-refractivity contribution >= 4 is 11.8 Å². The normalized spacial score (nSPS) is 14.2. The Morgan fingerprint density at radius 2 is 2.05 bits per heavy atom. The number of ether oxygens (including phenoxy) is 1. The Bertz CT molecular complexity index is 534. The molecule has 0 bridgehead atoms. The molecule has 1 aromatic rings. The van der Waals surface area contributed by atoms with Gasteiger partial charge in [-0.25, -0.2) is 4.79 Å². The minimum Gasteiger partial charge on any atom is -0.444 e. The molecule has 19 heavy (non-hydrogen) atoms. The van der Waals surface area contributed by atoms with Crippen LogP contribution < -0.4 is 0 Å². The lowest BCUT2D eigenvalue weighted by Gasteiger charge is -2.24. The summed E-state index contributed by atoms with van der Waals surface area (Å²) < 4.78 is 5.27. The lowest BCUT2D eigenvalue weighted by Crippen LogP contribution is -2.33. The topological polar surface area (TPSA) is 72.7 Å². The van der Waals surface area contributed by atoms with E-state index in [-0.39, 0.29) is 12.2 Å². The van der Waals surface area contributed by atoms with E-state index in [1.807, 2.05) is 0 Å². The maximum absolute atomic E-state index is 11.9. The van der Waals surface area contributed by atoms with Gasteiger partial charge in [-0.1, -0.05) is 12.1 Å². The smallest absolute Gasteiger partial charge is 0.410 e. The van der Waals surface area contributed by atoms with Crippen molar-refractivity contribution in [3.8, 4) is 0 Å². The second-order valence-corrected chi connectivity index (χ2v) is 5.51. The predicted molar refractivity (Wildman–Crippen MR) is 68.6 cm³/mol. The molecule has 0 aromatic heterocycles. The van der Waals surface area contributed by atoms with Crippen LogP contribution in [0.2, 0.25) is 0 Å². The third kappa shape index (κ3) is 2.83. The van der Waals surface area contributed by atoms with Gasteiger partial charge in [-0.15, -0.1) is 0 Å². The van der Waals surface area contributed by atoms with E-state index in [1.165, 1.54) is 11.0 Å². The van der Waals surface area contributed by atoms with Crippen molar-refractivity contribution in [1.29, 1.82) is 0 Å². The highest BCUT2D eigenvalue weighted by Gasteiger charge is 2.31. The van der Waals surface area contributed by atoms with E-state index in [2.05, 4.69) is 0 Å². The van der Waals surface area contributed by atoms with Gasteiger partial charge in [-0.05, 0) is 26.3 Å². The Hall–Kier alpha value is -2.11. The molecule has 1 aromatic carbocycles. The molecule has 1 aliphatic rings. The number of rotatable bonds is 1. The number of nitro benzene ring substituents is 1. The van der Waals surface area contributed by atoms with Gasteiger partial charge in [0.1, 0.15) is 5.60 Å². The van der Waals surface area contributed by atoms with Crippen molar-refractivity contribution in [1.82, 2.24) is 4.90 Å². The molecule has 0 unspecified atom stereocenters. The van der Waals surface area contributed by atoms with Crippen LogP contribution in [-0.4, -0.2) is 21.5 Å². The summed E-state index contributed by atoms with van der Waals surface area (Å²) in [7, 11) is 0. The quantitative estimate of drug-likeness (QED) is 0.577. The van der Waals surface area contributed by atoms with Crippen LogP contribution in [0.5, 0.6) is 0 Å². The minimum atomic E-state index is -0.572. The molecule has 1 aliphatic heterocycles. The molecular weight excluding hydrogens is 248 g/mol. The van der Waals surface area contributed by atoms with Gasteiger partial charge in [0, 0.05) is 12.6 Å². The average molecular weight is 264 g/mol. The van der Waals surface area contributed by atoms with E-state index in [4.69, 9.17) is 4.74 Å². The zero-order chi connectivity index (χ0) is 14.2. The fourth-order valence-electron chi connectivity index (χ4n) is 2.03. The molecule has 0 N–H and O–H groups in total. The standard InChI is InChI=1S/C13H16N2O4/c1-13(2,3)19-12(16)14-7-9-5-4-6-11(15(17)18)10(9)8-14/h4-6H,7-8H2,1-3H3. The summed E-state index contributed by atoms with van der Waals surface area (Å²) in [6.07, 6.45) is -0.446. The summed E-state index contributed by atoms with van der Waals surface area (Å²) in [5.74, 6) is 0. The highest BCUT2D eigenvalue weighted by Crippen LogP contribution is 2.31. The van der Waals surface area contributed by atoms with E-state index in [9.17, 15) is 14.9 Å². The highest BCUT2D eigenvalue weighted by atomic mass is 16.6. The molecule has 0 fully saturated rings. The zero-order valence-electron chi connectivity index (χ0n) is 11.2. The monoisotopic (exact) mass is 264 g/mol. The van der Waals surface area contributed by atoms with Crippen LogP contribution in [0.3, 0.4) is 0 Å². The highest BCUT2D eigenvalue weighted by molar-refractivity contribution is 5.70. The van der Waals surface area contributed by atoms with E-state index in [0.717, 1.165) is 5.56 Å². The van der Waals surface area contributed by atoms with E-state index in [1.54, 1.807) is 32.9 Å². The maximum atomic E-state index is 11.9. The van der Waals surface area contributed by atoms with Crippen molar-refractivity contribution < 1.29 is 14.5 Å². The number of fused-ring (bicyclic) bond motifs is 1. The van der Waals surface area contributed by atoms with Crippen molar-refractivity contribution in [2.45, 2.75) is 39.5 Å². The lowest BCUT2D eigenvalue weighted by atomic mass is 10.1. The molecule has 0 radical (unpaired) electrons. The van der Waals surface area contributed by atoms with Crippen molar-refractivity contribution in [3.63, 3.8) is 0 Å². The van der Waals surface area contributed by atoms with Gasteiger partial charge >= 0.3 is 6.09 Å². The van der Waals surface area contributed by atoms with Crippen LogP contribution in [0, 0.1) is 10.1 Å². The summed E-state index contributed by atoms with van der Waals surface area (Å²) in [4.78, 5) is 23.9. The number of carbonyl (C=O) groups is 1. The number of hydrogen-bond donors (Lipinski definition) is 0. The molecule has 1 amide bonds. The summed E-state index contributed by atoms with van der Waals surface area (Å²) in [6, 6.07) is 4.89. The van der Waals surface area contributed by atoms with Gasteiger partial charge in [0.2, 0.25) is 0 Å². The van der Waals surface area contributed by atoms with E-state index < -0.39 is 16.6 Å². The molecular formula is C13H16N2O4. The van der Waals surface area contributed by atoms with Crippen LogP contribution in [-0.2, 0) is 17.8 Å². The van der Waals surface area contributed by atoms with E-state index in [0.29, 0.717) is 12.1 Å². The number of nitrogens with zero attached hydrogens (tertiary/aromatic N) is 2. The Kier molecular flexibility index (Phi) is 3.18. The fourth-order valence-corrected chi connectivity index (χ4v) is 2.03. The molecule has 0 saturated heterocycles. The first-order chi connectivity index (χ1) is 8.78. The minimum absolute atomic E-state index is 0.0589. The summed E-state index contributed by atoms with van der Waals surface area (Å²) in [5.41, 5.74) is 0.889. The summed E-state index contributed by atoms with van der Waals surface area (Å²) >= 11 is 0. The molecule has 6 nitrogen and oxygen atoms in total. The zero-order valence-corrected chi connectivity index (χ0v) is 11.2. The van der Waals surface area contributed by atoms with Gasteiger partial charge in [-0.2, -0.15) is 0 Å². The molecule has 6 heteroatoms. The molecule has 0 aliphatic carbocycles. The number of carbonyl (C=O) groups excluding carboxylic acids is 1. The largest absolute Gasteiger partial charge is 0.444 e. The van der Waals surface area contributed by atoms with Crippen molar-refractivity contribution in [2.75, 3.05) is 0 Å². The van der Waals surface area contributed by atoms with Crippen molar-refractivity contribution in [2.24, 2.45) is 0 Å². The fraction of sp³-hybridized carbons (Fsp3) is 0.462. The summed E-state index contributed by atoms with van der Waals surface area (Å²) in [5, 5.41) is 10.9. The van der Waals surface area contributed by atoms with Gasteiger partial charge in [-0.3, -0.25) is 15.0 Å². The second-order valence-electron chi connectivity index (χ2n) is 5.51. The Labute approximate surface area is 111 Å². The van der Waals surface area contributed by atoms with Crippen molar-refractivity contribution in [3.05, 3.63) is 39.4 Å². The average Bonchev–Trinajstić information content (AvgIpc) is 2.69. The van der Waals surface area contributed by atoms with Gasteiger partial charge in [0.25, 0.3) is 5.69 Å². The third-order valence-corrected chi connectivity index (χ3v) is 2.81. The van der Waals surface area contributed by atoms with Gasteiger partial charge < -0.3 is 4.74 Å². The Morgan fingerprint density at radius 3 is 2.63 bits per heavy atom. The number of amides is 1. The Balaban J connectivity index is 2.19. The first kappa shape index (κ1) is 13.3. The van der Waals surface area contributed by atoms with Gasteiger partial charge in [0.05, 0.1) is 17.0 Å². The second kappa shape index (κ2) is 4.53. The van der Waals surface area contributed by atoms with Crippen LogP contribution >= 0.6 is 0 Å². The summed E-state index contributed by atoms with van der Waals surface area (Å²) in [6.45, 7) is 5.94. The number of benzene rings is 1. The molecule has 2 rings (SSSR count). The Morgan fingerprint density at radius 1 is 1.37 bits per heavy atom.